The van der Waals surface area contributed by atoms with Gasteiger partial charge in [0.15, 0.2) is 0 Å². The van der Waals surface area contributed by atoms with Gasteiger partial charge in [-0.15, -0.1) is 0 Å². The maximum Gasteiger partial charge on any atom is 0.134 e. The Kier molecular flexibility index (Phi) is 5.65. The van der Waals surface area contributed by atoms with E-state index in [4.69, 9.17) is 4.98 Å². The molecule has 0 fully saturated rings. The van der Waals surface area contributed by atoms with Gasteiger partial charge in [0.2, 0.25) is 0 Å². The fraction of sp³-hybridized carbons (Fsp3) is 0.375. The zero-order chi connectivity index (χ0) is 15.4. The summed E-state index contributed by atoms with van der Waals surface area (Å²) in [7, 11) is 0. The third-order valence-corrected chi connectivity index (χ3v) is 4.56. The highest BCUT2D eigenvalue weighted by atomic mass is 79.9. The molecule has 0 aliphatic carbocycles. The number of aromatic nitrogens is 2. The average molecular weight is 366 g/mol. The predicted molar refractivity (Wildman–Crippen MR) is 93.3 cm³/mol. The molecule has 1 N–H and O–H groups in total. The molecule has 0 aliphatic heterocycles. The molecular formula is C16H20BrN3S. The van der Waals surface area contributed by atoms with Crippen molar-refractivity contribution in [1.29, 1.82) is 0 Å². The minimum atomic E-state index is 0.310. The van der Waals surface area contributed by atoms with E-state index < -0.39 is 0 Å². The van der Waals surface area contributed by atoms with Crippen LogP contribution in [-0.2, 0) is 0 Å². The summed E-state index contributed by atoms with van der Waals surface area (Å²) in [5, 5.41) is 4.35. The van der Waals surface area contributed by atoms with E-state index in [1.165, 1.54) is 4.90 Å². The second-order valence-electron chi connectivity index (χ2n) is 5.11. The maximum atomic E-state index is 4.74. The van der Waals surface area contributed by atoms with Gasteiger partial charge in [0, 0.05) is 27.4 Å². The second-order valence-corrected chi connectivity index (χ2v) is 7.08. The Hall–Kier alpha value is -1.07. The summed E-state index contributed by atoms with van der Waals surface area (Å²) in [6, 6.07) is 8.27. The fourth-order valence-corrected chi connectivity index (χ4v) is 3.35. The van der Waals surface area contributed by atoms with Gasteiger partial charge in [0.25, 0.3) is 0 Å². The number of hydrogen-bond donors (Lipinski definition) is 1. The highest BCUT2D eigenvalue weighted by Gasteiger charge is 2.14. The van der Waals surface area contributed by atoms with E-state index in [0.29, 0.717) is 5.92 Å². The van der Waals surface area contributed by atoms with Gasteiger partial charge in [-0.05, 0) is 32.0 Å². The summed E-state index contributed by atoms with van der Waals surface area (Å²) in [5.41, 5.74) is 1.10. The van der Waals surface area contributed by atoms with Crippen LogP contribution in [0, 0.1) is 6.92 Å². The third kappa shape index (κ3) is 4.20. The second kappa shape index (κ2) is 7.27. The van der Waals surface area contributed by atoms with Crippen LogP contribution in [0.1, 0.15) is 38.1 Å². The number of anilines is 1. The van der Waals surface area contributed by atoms with Gasteiger partial charge < -0.3 is 5.32 Å². The molecular weight excluding hydrogens is 346 g/mol. The Bertz CT molecular complexity index is 629. The van der Waals surface area contributed by atoms with Crippen LogP contribution in [0.15, 0.2) is 38.7 Å². The van der Waals surface area contributed by atoms with Crippen molar-refractivity contribution in [2.75, 3.05) is 11.9 Å². The first-order chi connectivity index (χ1) is 10.0. The maximum absolute atomic E-state index is 4.74. The molecule has 0 amide bonds. The van der Waals surface area contributed by atoms with E-state index in [1.807, 2.05) is 12.1 Å². The fourth-order valence-electron chi connectivity index (χ4n) is 1.85. The lowest BCUT2D eigenvalue weighted by Crippen LogP contribution is -2.08. The molecule has 2 rings (SSSR count). The number of hydrogen-bond acceptors (Lipinski definition) is 4. The van der Waals surface area contributed by atoms with Crippen molar-refractivity contribution in [2.24, 2.45) is 0 Å². The number of nitrogens with one attached hydrogen (secondary N) is 1. The van der Waals surface area contributed by atoms with E-state index in [1.54, 1.807) is 11.8 Å². The Morgan fingerprint density at radius 1 is 1.29 bits per heavy atom. The van der Waals surface area contributed by atoms with Crippen LogP contribution in [0.3, 0.4) is 0 Å². The molecule has 21 heavy (non-hydrogen) atoms. The highest BCUT2D eigenvalue weighted by molar-refractivity contribution is 9.10. The number of rotatable bonds is 5. The lowest BCUT2D eigenvalue weighted by atomic mass is 10.2. The van der Waals surface area contributed by atoms with Crippen LogP contribution in [0.4, 0.5) is 5.82 Å². The monoisotopic (exact) mass is 365 g/mol. The third-order valence-electron chi connectivity index (χ3n) is 2.99. The molecule has 112 valence electrons. The summed E-state index contributed by atoms with van der Waals surface area (Å²) in [6.45, 7) is 9.25. The summed E-state index contributed by atoms with van der Waals surface area (Å²) in [4.78, 5) is 10.5. The van der Waals surface area contributed by atoms with E-state index in [2.05, 4.69) is 66.1 Å². The summed E-state index contributed by atoms with van der Waals surface area (Å²) >= 11 is 5.19. The molecule has 0 saturated carbocycles. The summed E-state index contributed by atoms with van der Waals surface area (Å²) in [6.07, 6.45) is 0. The van der Waals surface area contributed by atoms with Crippen molar-refractivity contribution in [3.05, 3.63) is 40.1 Å². The lowest BCUT2D eigenvalue weighted by Gasteiger charge is -2.14. The highest BCUT2D eigenvalue weighted by Crippen LogP contribution is 2.33. The molecule has 0 radical (unpaired) electrons. The number of benzene rings is 1. The zero-order valence-corrected chi connectivity index (χ0v) is 15.2. The van der Waals surface area contributed by atoms with Crippen molar-refractivity contribution in [3.8, 4) is 0 Å². The van der Waals surface area contributed by atoms with Gasteiger partial charge in [0.05, 0.1) is 0 Å². The van der Waals surface area contributed by atoms with E-state index >= 15 is 0 Å². The Labute approximate surface area is 139 Å². The zero-order valence-electron chi connectivity index (χ0n) is 12.8. The average Bonchev–Trinajstić information content (AvgIpc) is 2.43. The van der Waals surface area contributed by atoms with Crippen molar-refractivity contribution in [1.82, 2.24) is 9.97 Å². The topological polar surface area (TPSA) is 37.8 Å². The molecule has 0 aliphatic rings. The largest absolute Gasteiger partial charge is 0.370 e. The van der Waals surface area contributed by atoms with Crippen molar-refractivity contribution in [3.63, 3.8) is 0 Å². The van der Waals surface area contributed by atoms with Crippen LogP contribution >= 0.6 is 27.7 Å². The van der Waals surface area contributed by atoms with Crippen LogP contribution in [0.2, 0.25) is 0 Å². The van der Waals surface area contributed by atoms with Gasteiger partial charge in [-0.25, -0.2) is 9.97 Å². The summed E-state index contributed by atoms with van der Waals surface area (Å²) < 4.78 is 1.08. The van der Waals surface area contributed by atoms with Gasteiger partial charge in [0.1, 0.15) is 16.7 Å². The van der Waals surface area contributed by atoms with E-state index in [-0.39, 0.29) is 0 Å². The lowest BCUT2D eigenvalue weighted by molar-refractivity contribution is 0.748. The van der Waals surface area contributed by atoms with Crippen LogP contribution in [0.5, 0.6) is 0 Å². The van der Waals surface area contributed by atoms with Crippen molar-refractivity contribution >= 4 is 33.5 Å². The van der Waals surface area contributed by atoms with Crippen LogP contribution < -0.4 is 5.32 Å². The molecule has 1 heterocycles. The Morgan fingerprint density at radius 2 is 2.05 bits per heavy atom. The minimum absolute atomic E-state index is 0.310. The first kappa shape index (κ1) is 16.3. The Balaban J connectivity index is 2.41. The molecule has 0 atom stereocenters. The normalized spacial score (nSPS) is 11.0. The quantitative estimate of drug-likeness (QED) is 0.733. The number of halogens is 1. The smallest absolute Gasteiger partial charge is 0.134 e. The van der Waals surface area contributed by atoms with Gasteiger partial charge >= 0.3 is 0 Å². The number of nitrogens with zero attached hydrogens (tertiary/aromatic N) is 2. The van der Waals surface area contributed by atoms with Crippen molar-refractivity contribution in [2.45, 2.75) is 43.5 Å². The molecule has 1 aromatic heterocycles. The molecule has 3 nitrogen and oxygen atoms in total. The molecule has 2 aromatic rings. The SMILES string of the molecule is CCNc1nc(C(C)C)nc(Sc2cccc(Br)c2)c1C. The van der Waals surface area contributed by atoms with Gasteiger partial charge in [-0.1, -0.05) is 47.6 Å². The molecule has 0 spiro atoms. The molecule has 5 heteroatoms. The minimum Gasteiger partial charge on any atom is -0.370 e. The van der Waals surface area contributed by atoms with E-state index in [0.717, 1.165) is 33.2 Å². The van der Waals surface area contributed by atoms with Gasteiger partial charge in [-0.3, -0.25) is 0 Å². The molecule has 0 unspecified atom stereocenters. The predicted octanol–water partition coefficient (Wildman–Crippen LogP) is 5.25. The van der Waals surface area contributed by atoms with Gasteiger partial charge in [-0.2, -0.15) is 0 Å². The molecule has 0 saturated heterocycles. The first-order valence-corrected chi connectivity index (χ1v) is 8.68. The summed E-state index contributed by atoms with van der Waals surface area (Å²) in [5.74, 6) is 2.13. The Morgan fingerprint density at radius 3 is 2.67 bits per heavy atom. The van der Waals surface area contributed by atoms with Crippen LogP contribution in [0.25, 0.3) is 0 Å². The van der Waals surface area contributed by atoms with E-state index in [9.17, 15) is 0 Å². The standard InChI is InChI=1S/C16H20BrN3S/c1-5-18-15-11(4)16(20-14(19-15)10(2)3)21-13-8-6-7-12(17)9-13/h6-10H,5H2,1-4H3,(H,18,19,20). The first-order valence-electron chi connectivity index (χ1n) is 7.07. The molecule has 1 aromatic carbocycles. The van der Waals surface area contributed by atoms with Crippen LogP contribution in [-0.4, -0.2) is 16.5 Å². The molecule has 0 bridgehead atoms. The van der Waals surface area contributed by atoms with Crippen molar-refractivity contribution < 1.29 is 0 Å².